The van der Waals surface area contributed by atoms with Gasteiger partial charge in [0.25, 0.3) is 5.69 Å². The number of halogens is 1. The summed E-state index contributed by atoms with van der Waals surface area (Å²) < 4.78 is 6.77. The maximum Gasteiger partial charge on any atom is 0.269 e. The van der Waals surface area contributed by atoms with Crippen LogP contribution in [0.5, 0.6) is 5.75 Å². The van der Waals surface area contributed by atoms with E-state index in [1.165, 1.54) is 17.7 Å². The Morgan fingerprint density at radius 3 is 2.30 bits per heavy atom. The Morgan fingerprint density at radius 1 is 1.00 bits per heavy atom. The van der Waals surface area contributed by atoms with Crippen molar-refractivity contribution in [3.63, 3.8) is 0 Å². The number of non-ortho nitro benzene ring substituents is 1. The molecule has 0 bridgehead atoms. The third-order valence-corrected chi connectivity index (χ3v) is 4.71. The lowest BCUT2D eigenvalue weighted by molar-refractivity contribution is -0.384. The summed E-state index contributed by atoms with van der Waals surface area (Å²) in [6.07, 6.45) is 0. The van der Waals surface area contributed by atoms with E-state index in [1.807, 2.05) is 18.2 Å². The van der Waals surface area contributed by atoms with Crippen molar-refractivity contribution < 1.29 is 9.66 Å². The number of rotatable bonds is 7. The minimum absolute atomic E-state index is 0.0818. The van der Waals surface area contributed by atoms with Gasteiger partial charge in [-0.2, -0.15) is 0 Å². The van der Waals surface area contributed by atoms with E-state index in [4.69, 9.17) is 4.74 Å². The topological polar surface area (TPSA) is 64.4 Å². The van der Waals surface area contributed by atoms with E-state index in [-0.39, 0.29) is 5.69 Å². The molecule has 0 heterocycles. The van der Waals surface area contributed by atoms with E-state index >= 15 is 0 Å². The van der Waals surface area contributed by atoms with Gasteiger partial charge in [-0.1, -0.05) is 35.9 Å². The van der Waals surface area contributed by atoms with Gasteiger partial charge in [0.2, 0.25) is 0 Å². The third-order valence-electron chi connectivity index (χ3n) is 4.09. The van der Waals surface area contributed by atoms with Crippen LogP contribution in [0.2, 0.25) is 0 Å². The summed E-state index contributed by atoms with van der Waals surface area (Å²) in [5.74, 6) is 0.787. The highest BCUT2D eigenvalue weighted by Gasteiger charge is 2.06. The molecule has 27 heavy (non-hydrogen) atoms. The lowest BCUT2D eigenvalue weighted by Crippen LogP contribution is -2.01. The van der Waals surface area contributed by atoms with Crippen LogP contribution in [0.25, 0.3) is 0 Å². The Hall–Kier alpha value is -2.86. The summed E-state index contributed by atoms with van der Waals surface area (Å²) in [5, 5.41) is 13.9. The largest absolute Gasteiger partial charge is 0.488 e. The highest BCUT2D eigenvalue weighted by Crippen LogP contribution is 2.27. The molecule has 6 heteroatoms. The van der Waals surface area contributed by atoms with Gasteiger partial charge in [-0.05, 0) is 58.2 Å². The number of aryl methyl sites for hydroxylation is 1. The number of anilines is 1. The van der Waals surface area contributed by atoms with Crippen LogP contribution in [0.1, 0.15) is 16.7 Å². The molecule has 0 amide bonds. The Balaban J connectivity index is 1.57. The molecule has 0 saturated carbocycles. The molecule has 0 aromatic heterocycles. The molecular formula is C21H19BrN2O3. The molecule has 0 fully saturated rings. The number of hydrogen-bond donors (Lipinski definition) is 1. The third kappa shape index (κ3) is 5.31. The van der Waals surface area contributed by atoms with E-state index in [0.717, 1.165) is 27.0 Å². The van der Waals surface area contributed by atoms with Crippen molar-refractivity contribution in [3.05, 3.63) is 98.0 Å². The van der Waals surface area contributed by atoms with Crippen molar-refractivity contribution >= 4 is 27.3 Å². The Morgan fingerprint density at radius 2 is 1.67 bits per heavy atom. The van der Waals surface area contributed by atoms with Gasteiger partial charge in [0.1, 0.15) is 12.4 Å². The first kappa shape index (κ1) is 18.9. The summed E-state index contributed by atoms with van der Waals surface area (Å²) in [7, 11) is 0. The Labute approximate surface area is 166 Å². The van der Waals surface area contributed by atoms with Crippen molar-refractivity contribution in [1.82, 2.24) is 0 Å². The smallest absolute Gasteiger partial charge is 0.269 e. The lowest BCUT2D eigenvalue weighted by Gasteiger charge is -2.11. The maximum absolute atomic E-state index is 10.7. The summed E-state index contributed by atoms with van der Waals surface area (Å²) >= 11 is 3.56. The highest BCUT2D eigenvalue weighted by atomic mass is 79.9. The summed E-state index contributed by atoms with van der Waals surface area (Å²) in [6, 6.07) is 20.6. The van der Waals surface area contributed by atoms with Crippen LogP contribution in [-0.4, -0.2) is 4.92 Å². The normalized spacial score (nSPS) is 10.4. The molecule has 5 nitrogen and oxygen atoms in total. The lowest BCUT2D eigenvalue weighted by atomic mass is 10.2. The molecule has 3 aromatic rings. The monoisotopic (exact) mass is 426 g/mol. The fraction of sp³-hybridized carbons (Fsp3) is 0.143. The highest BCUT2D eigenvalue weighted by molar-refractivity contribution is 9.10. The molecule has 0 atom stereocenters. The molecule has 0 radical (unpaired) electrons. The quantitative estimate of drug-likeness (QED) is 0.379. The molecular weight excluding hydrogens is 408 g/mol. The second-order valence-corrected chi connectivity index (χ2v) is 7.05. The van der Waals surface area contributed by atoms with E-state index < -0.39 is 4.92 Å². The van der Waals surface area contributed by atoms with E-state index in [1.54, 1.807) is 12.1 Å². The van der Waals surface area contributed by atoms with Gasteiger partial charge in [-0.3, -0.25) is 10.1 Å². The molecule has 0 aliphatic rings. The van der Waals surface area contributed by atoms with Crippen LogP contribution >= 0.6 is 15.9 Å². The van der Waals surface area contributed by atoms with Crippen molar-refractivity contribution in [2.75, 3.05) is 5.32 Å². The second kappa shape index (κ2) is 8.68. The van der Waals surface area contributed by atoms with E-state index in [0.29, 0.717) is 13.2 Å². The fourth-order valence-corrected chi connectivity index (χ4v) is 3.06. The Kier molecular flexibility index (Phi) is 6.08. The van der Waals surface area contributed by atoms with Gasteiger partial charge in [0, 0.05) is 24.4 Å². The van der Waals surface area contributed by atoms with Crippen molar-refractivity contribution in [2.45, 2.75) is 20.1 Å². The average Bonchev–Trinajstić information content (AvgIpc) is 2.67. The molecule has 0 aliphatic carbocycles. The summed E-state index contributed by atoms with van der Waals surface area (Å²) in [6.45, 7) is 3.18. The van der Waals surface area contributed by atoms with Crippen LogP contribution in [-0.2, 0) is 13.2 Å². The van der Waals surface area contributed by atoms with Gasteiger partial charge in [-0.25, -0.2) is 0 Å². The second-order valence-electron chi connectivity index (χ2n) is 6.20. The zero-order valence-corrected chi connectivity index (χ0v) is 16.4. The number of ether oxygens (including phenoxy) is 1. The minimum Gasteiger partial charge on any atom is -0.488 e. The van der Waals surface area contributed by atoms with Gasteiger partial charge in [-0.15, -0.1) is 0 Å². The number of hydrogen-bond acceptors (Lipinski definition) is 4. The Bertz CT molecular complexity index is 925. The van der Waals surface area contributed by atoms with Crippen LogP contribution in [0.4, 0.5) is 11.4 Å². The standard InChI is InChI=1S/C21H19BrN2O3/c1-15-2-4-16(5-3-15)14-27-21-11-6-17(12-20(21)22)13-23-18-7-9-19(10-8-18)24(25)26/h2-12,23H,13-14H2,1H3. The van der Waals surface area contributed by atoms with E-state index in [9.17, 15) is 10.1 Å². The molecule has 3 rings (SSSR count). The molecule has 1 N–H and O–H groups in total. The van der Waals surface area contributed by atoms with Crippen molar-refractivity contribution in [3.8, 4) is 5.75 Å². The first-order valence-electron chi connectivity index (χ1n) is 8.46. The SMILES string of the molecule is Cc1ccc(COc2ccc(CNc3ccc([N+](=O)[O-])cc3)cc2Br)cc1. The number of nitrogens with one attached hydrogen (secondary N) is 1. The van der Waals surface area contributed by atoms with Crippen LogP contribution in [0, 0.1) is 17.0 Å². The zero-order chi connectivity index (χ0) is 19.2. The predicted octanol–water partition coefficient (Wildman–Crippen LogP) is 5.86. The molecule has 0 saturated heterocycles. The zero-order valence-electron chi connectivity index (χ0n) is 14.8. The molecule has 0 spiro atoms. The van der Waals surface area contributed by atoms with E-state index in [2.05, 4.69) is 52.4 Å². The van der Waals surface area contributed by atoms with Crippen LogP contribution in [0.3, 0.4) is 0 Å². The molecule has 138 valence electrons. The first-order chi connectivity index (χ1) is 13.0. The number of nitro benzene ring substituents is 1. The predicted molar refractivity (Wildman–Crippen MR) is 110 cm³/mol. The molecule has 0 aliphatic heterocycles. The van der Waals surface area contributed by atoms with Gasteiger partial charge < -0.3 is 10.1 Å². The van der Waals surface area contributed by atoms with Gasteiger partial charge >= 0.3 is 0 Å². The summed E-state index contributed by atoms with van der Waals surface area (Å²) in [4.78, 5) is 10.3. The fourth-order valence-electron chi connectivity index (χ4n) is 2.52. The van der Waals surface area contributed by atoms with Gasteiger partial charge in [0.05, 0.1) is 9.40 Å². The van der Waals surface area contributed by atoms with Crippen molar-refractivity contribution in [2.24, 2.45) is 0 Å². The number of benzene rings is 3. The maximum atomic E-state index is 10.7. The minimum atomic E-state index is -0.407. The number of nitro groups is 1. The molecule has 3 aromatic carbocycles. The average molecular weight is 427 g/mol. The van der Waals surface area contributed by atoms with Gasteiger partial charge in [0.15, 0.2) is 0 Å². The summed E-state index contributed by atoms with van der Waals surface area (Å²) in [5.41, 5.74) is 4.33. The first-order valence-corrected chi connectivity index (χ1v) is 9.25. The van der Waals surface area contributed by atoms with Crippen LogP contribution < -0.4 is 10.1 Å². The number of nitrogens with zero attached hydrogens (tertiary/aromatic N) is 1. The van der Waals surface area contributed by atoms with Crippen LogP contribution in [0.15, 0.2) is 71.2 Å². The molecule has 0 unspecified atom stereocenters. The van der Waals surface area contributed by atoms with Crippen molar-refractivity contribution in [1.29, 1.82) is 0 Å².